The van der Waals surface area contributed by atoms with Crippen LogP contribution in [0, 0.1) is 0 Å². The van der Waals surface area contributed by atoms with Crippen LogP contribution >= 0.6 is 0 Å². The van der Waals surface area contributed by atoms with Crippen LogP contribution < -0.4 is 10.2 Å². The predicted molar refractivity (Wildman–Crippen MR) is 89.1 cm³/mol. The number of aromatic nitrogens is 2. The molecule has 1 fully saturated rings. The Hall–Kier alpha value is -1.36. The van der Waals surface area contributed by atoms with Crippen molar-refractivity contribution in [2.24, 2.45) is 0 Å². The monoisotopic (exact) mass is 291 g/mol. The van der Waals surface area contributed by atoms with E-state index in [1.807, 2.05) is 0 Å². The highest BCUT2D eigenvalue weighted by Crippen LogP contribution is 2.21. The topological polar surface area (TPSA) is 44.3 Å². The van der Waals surface area contributed by atoms with Crippen molar-refractivity contribution < 1.29 is 0 Å². The lowest BCUT2D eigenvalue weighted by molar-refractivity contribution is 0.270. The Labute approximate surface area is 128 Å². The summed E-state index contributed by atoms with van der Waals surface area (Å²) in [6.45, 7) is 10.8. The number of likely N-dealkylation sites (tertiary alicyclic amines) is 1. The first-order valence-corrected chi connectivity index (χ1v) is 8.24. The van der Waals surface area contributed by atoms with Crippen molar-refractivity contribution in [2.75, 3.05) is 43.4 Å². The summed E-state index contributed by atoms with van der Waals surface area (Å²) in [4.78, 5) is 14.1. The van der Waals surface area contributed by atoms with E-state index in [2.05, 4.69) is 59.0 Å². The van der Waals surface area contributed by atoms with Gasteiger partial charge in [-0.1, -0.05) is 13.8 Å². The Morgan fingerprint density at radius 2 is 2.14 bits per heavy atom. The third kappa shape index (κ3) is 4.06. The Morgan fingerprint density at radius 1 is 1.33 bits per heavy atom. The van der Waals surface area contributed by atoms with Gasteiger partial charge >= 0.3 is 0 Å². The number of rotatable bonds is 7. The van der Waals surface area contributed by atoms with Crippen molar-refractivity contribution in [2.45, 2.75) is 46.1 Å². The largest absolute Gasteiger partial charge is 0.370 e. The summed E-state index contributed by atoms with van der Waals surface area (Å²) in [5.74, 6) is 2.87. The van der Waals surface area contributed by atoms with Gasteiger partial charge in [-0.2, -0.15) is 0 Å². The third-order valence-electron chi connectivity index (χ3n) is 4.21. The third-order valence-corrected chi connectivity index (χ3v) is 4.21. The first kappa shape index (κ1) is 16.0. The minimum absolute atomic E-state index is 0.655. The molecule has 2 rings (SSSR count). The second-order valence-electron chi connectivity index (χ2n) is 5.72. The number of likely N-dealkylation sites (N-methyl/N-ethyl adjacent to an activating group) is 2. The highest BCUT2D eigenvalue weighted by molar-refractivity contribution is 5.49. The molecule has 0 amide bonds. The van der Waals surface area contributed by atoms with E-state index in [-0.39, 0.29) is 0 Å². The van der Waals surface area contributed by atoms with Gasteiger partial charge in [0.1, 0.15) is 17.5 Å². The molecule has 0 radical (unpaired) electrons. The van der Waals surface area contributed by atoms with Crippen LogP contribution in [0.3, 0.4) is 0 Å². The molecule has 1 N–H and O–H groups in total. The zero-order chi connectivity index (χ0) is 15.2. The summed E-state index contributed by atoms with van der Waals surface area (Å²) in [7, 11) is 2.14. The molecule has 5 nitrogen and oxygen atoms in total. The van der Waals surface area contributed by atoms with Gasteiger partial charge in [0.2, 0.25) is 0 Å². The molecule has 5 heteroatoms. The second-order valence-corrected chi connectivity index (χ2v) is 5.72. The number of nitrogens with one attached hydrogen (secondary N) is 1. The molecular weight excluding hydrogens is 262 g/mol. The van der Waals surface area contributed by atoms with Crippen molar-refractivity contribution in [1.29, 1.82) is 0 Å². The Morgan fingerprint density at radius 3 is 2.81 bits per heavy atom. The quantitative estimate of drug-likeness (QED) is 0.835. The van der Waals surface area contributed by atoms with Gasteiger partial charge in [-0.05, 0) is 32.9 Å². The van der Waals surface area contributed by atoms with Gasteiger partial charge in [-0.25, -0.2) is 9.97 Å². The molecular formula is C16H29N5. The lowest BCUT2D eigenvalue weighted by Gasteiger charge is -2.28. The minimum atomic E-state index is 0.655. The fraction of sp³-hybridized carbons (Fsp3) is 0.750. The van der Waals surface area contributed by atoms with E-state index in [4.69, 9.17) is 0 Å². The maximum absolute atomic E-state index is 4.68. The second kappa shape index (κ2) is 7.59. The maximum atomic E-state index is 4.68. The lowest BCUT2D eigenvalue weighted by atomic mass is 10.2. The lowest BCUT2D eigenvalue weighted by Crippen LogP contribution is -2.39. The van der Waals surface area contributed by atoms with Crippen molar-refractivity contribution in [3.63, 3.8) is 0 Å². The number of aryl methyl sites for hydroxylation is 1. The molecule has 1 saturated heterocycles. The number of hydrogen-bond donors (Lipinski definition) is 1. The first-order chi connectivity index (χ1) is 10.2. The molecule has 2 heterocycles. The minimum Gasteiger partial charge on any atom is -0.370 e. The van der Waals surface area contributed by atoms with E-state index in [1.165, 1.54) is 19.4 Å². The van der Waals surface area contributed by atoms with Crippen LogP contribution in [0.1, 0.15) is 39.4 Å². The van der Waals surface area contributed by atoms with E-state index in [1.54, 1.807) is 0 Å². The molecule has 118 valence electrons. The van der Waals surface area contributed by atoms with Crippen LogP contribution in [0.15, 0.2) is 6.07 Å². The van der Waals surface area contributed by atoms with Gasteiger partial charge in [-0.3, -0.25) is 4.90 Å². The van der Waals surface area contributed by atoms with Gasteiger partial charge < -0.3 is 10.2 Å². The average molecular weight is 291 g/mol. The summed E-state index contributed by atoms with van der Waals surface area (Å²) in [5, 5.41) is 3.30. The molecule has 21 heavy (non-hydrogen) atoms. The van der Waals surface area contributed by atoms with Crippen molar-refractivity contribution in [1.82, 2.24) is 14.9 Å². The van der Waals surface area contributed by atoms with E-state index >= 15 is 0 Å². The maximum Gasteiger partial charge on any atom is 0.134 e. The van der Waals surface area contributed by atoms with E-state index in [9.17, 15) is 0 Å². The smallest absolute Gasteiger partial charge is 0.134 e. The Bertz CT molecular complexity index is 448. The Balaban J connectivity index is 2.10. The van der Waals surface area contributed by atoms with Crippen LogP contribution in [0.4, 0.5) is 11.6 Å². The average Bonchev–Trinajstić information content (AvgIpc) is 2.94. The summed E-state index contributed by atoms with van der Waals surface area (Å²) >= 11 is 0. The molecule has 0 aliphatic carbocycles. The van der Waals surface area contributed by atoms with Crippen LogP contribution in [-0.2, 0) is 6.42 Å². The van der Waals surface area contributed by atoms with Gasteiger partial charge in [0.25, 0.3) is 0 Å². The predicted octanol–water partition coefficient (Wildman–Crippen LogP) is 2.39. The van der Waals surface area contributed by atoms with Crippen LogP contribution in [-0.4, -0.2) is 54.1 Å². The molecule has 0 spiro atoms. The van der Waals surface area contributed by atoms with Crippen LogP contribution in [0.25, 0.3) is 0 Å². The van der Waals surface area contributed by atoms with Gasteiger partial charge in [0.15, 0.2) is 0 Å². The van der Waals surface area contributed by atoms with Crippen molar-refractivity contribution in [3.8, 4) is 0 Å². The van der Waals surface area contributed by atoms with E-state index < -0.39 is 0 Å². The molecule has 1 unspecified atom stereocenters. The van der Waals surface area contributed by atoms with Gasteiger partial charge in [0.05, 0.1) is 0 Å². The molecule has 1 aromatic rings. The molecule has 1 aromatic heterocycles. The summed E-state index contributed by atoms with van der Waals surface area (Å²) < 4.78 is 0. The van der Waals surface area contributed by atoms with Crippen LogP contribution in [0.5, 0.6) is 0 Å². The van der Waals surface area contributed by atoms with E-state index in [0.29, 0.717) is 6.04 Å². The summed E-state index contributed by atoms with van der Waals surface area (Å²) in [5.41, 5.74) is 0. The molecule has 1 atom stereocenters. The fourth-order valence-corrected chi connectivity index (χ4v) is 3.04. The van der Waals surface area contributed by atoms with Gasteiger partial charge in [-0.15, -0.1) is 0 Å². The summed E-state index contributed by atoms with van der Waals surface area (Å²) in [6.07, 6.45) is 3.48. The molecule has 0 saturated carbocycles. The molecule has 0 aromatic carbocycles. The van der Waals surface area contributed by atoms with Crippen LogP contribution in [0.2, 0.25) is 0 Å². The zero-order valence-electron chi connectivity index (χ0n) is 13.9. The standard InChI is InChI=1S/C16H29N5/c1-5-14-18-15(17-6-2)11-16(19-14)20(4)12-13-9-8-10-21(13)7-3/h11,13H,5-10,12H2,1-4H3,(H,17,18,19). The van der Waals surface area contributed by atoms with Crippen molar-refractivity contribution >= 4 is 11.6 Å². The first-order valence-electron chi connectivity index (χ1n) is 8.24. The summed E-state index contributed by atoms with van der Waals surface area (Å²) in [6, 6.07) is 2.72. The van der Waals surface area contributed by atoms with Crippen molar-refractivity contribution in [3.05, 3.63) is 11.9 Å². The highest BCUT2D eigenvalue weighted by Gasteiger charge is 2.24. The Kier molecular flexibility index (Phi) is 5.79. The fourth-order valence-electron chi connectivity index (χ4n) is 3.04. The normalized spacial score (nSPS) is 19.0. The molecule has 1 aliphatic heterocycles. The highest BCUT2D eigenvalue weighted by atomic mass is 15.2. The number of anilines is 2. The molecule has 1 aliphatic rings. The number of hydrogen-bond acceptors (Lipinski definition) is 5. The van der Waals surface area contributed by atoms with Gasteiger partial charge in [0, 0.05) is 38.7 Å². The SMILES string of the molecule is CCNc1cc(N(C)CC2CCCN2CC)nc(CC)n1. The number of nitrogens with zero attached hydrogens (tertiary/aromatic N) is 4. The zero-order valence-corrected chi connectivity index (χ0v) is 13.9. The molecule has 0 bridgehead atoms. The van der Waals surface area contributed by atoms with E-state index in [0.717, 1.165) is 43.5 Å².